The summed E-state index contributed by atoms with van der Waals surface area (Å²) in [7, 11) is 0. The number of aryl methyl sites for hydroxylation is 1. The number of piperidine rings is 1. The molecular weight excluding hydrogens is 234 g/mol. The van der Waals surface area contributed by atoms with Gasteiger partial charge >= 0.3 is 0 Å². The minimum Gasteiger partial charge on any atom is -0.325 e. The molecule has 2 aromatic rings. The van der Waals surface area contributed by atoms with E-state index in [9.17, 15) is 0 Å². The molecule has 1 aromatic carbocycles. The molecule has 1 saturated carbocycles. The van der Waals surface area contributed by atoms with Crippen LogP contribution in [0.3, 0.4) is 0 Å². The van der Waals surface area contributed by atoms with Crippen LogP contribution in [-0.2, 0) is 0 Å². The van der Waals surface area contributed by atoms with Crippen molar-refractivity contribution in [3.05, 3.63) is 29.6 Å². The molecule has 4 rings (SSSR count). The van der Waals surface area contributed by atoms with Crippen LogP contribution < -0.4 is 5.32 Å². The normalized spacial score (nSPS) is 21.1. The van der Waals surface area contributed by atoms with Gasteiger partial charge in [-0.2, -0.15) is 0 Å². The molecule has 2 fully saturated rings. The van der Waals surface area contributed by atoms with Crippen LogP contribution in [0.1, 0.15) is 49.0 Å². The van der Waals surface area contributed by atoms with Gasteiger partial charge in [0.15, 0.2) is 0 Å². The van der Waals surface area contributed by atoms with Crippen LogP contribution in [0.5, 0.6) is 0 Å². The Morgan fingerprint density at radius 3 is 2.68 bits per heavy atom. The molecule has 0 spiro atoms. The van der Waals surface area contributed by atoms with Crippen molar-refractivity contribution in [2.24, 2.45) is 0 Å². The summed E-state index contributed by atoms with van der Waals surface area (Å²) in [6.07, 6.45) is 5.12. The fraction of sp³-hybridized carbons (Fsp3) is 0.562. The van der Waals surface area contributed by atoms with Crippen LogP contribution in [-0.4, -0.2) is 22.6 Å². The first-order valence-corrected chi connectivity index (χ1v) is 7.52. The Morgan fingerprint density at radius 1 is 1.16 bits per heavy atom. The standard InChI is InChI=1S/C16H21N3/c1-11-2-5-15-14(10-11)18-16(19(15)13-3-4-13)12-6-8-17-9-7-12/h2,5,10,12-13,17H,3-4,6-9H2,1H3. The largest absolute Gasteiger partial charge is 0.325 e. The zero-order chi connectivity index (χ0) is 12.8. The fourth-order valence-electron chi connectivity index (χ4n) is 3.31. The number of nitrogens with zero attached hydrogens (tertiary/aromatic N) is 2. The molecule has 2 heterocycles. The second-order valence-electron chi connectivity index (χ2n) is 6.09. The van der Waals surface area contributed by atoms with E-state index in [4.69, 9.17) is 4.98 Å². The molecule has 1 saturated heterocycles. The van der Waals surface area contributed by atoms with E-state index < -0.39 is 0 Å². The highest BCUT2D eigenvalue weighted by Crippen LogP contribution is 2.41. The second-order valence-corrected chi connectivity index (χ2v) is 6.09. The maximum atomic E-state index is 4.99. The Hall–Kier alpha value is -1.35. The van der Waals surface area contributed by atoms with Crippen molar-refractivity contribution in [2.75, 3.05) is 13.1 Å². The van der Waals surface area contributed by atoms with Crippen molar-refractivity contribution < 1.29 is 0 Å². The maximum absolute atomic E-state index is 4.99. The van der Waals surface area contributed by atoms with Gasteiger partial charge in [-0.1, -0.05) is 6.07 Å². The highest BCUT2D eigenvalue weighted by Gasteiger charge is 2.31. The molecule has 1 N–H and O–H groups in total. The smallest absolute Gasteiger partial charge is 0.113 e. The Morgan fingerprint density at radius 2 is 1.95 bits per heavy atom. The quantitative estimate of drug-likeness (QED) is 0.893. The van der Waals surface area contributed by atoms with E-state index in [1.807, 2.05) is 0 Å². The van der Waals surface area contributed by atoms with Crippen molar-refractivity contribution in [1.29, 1.82) is 0 Å². The molecule has 0 bridgehead atoms. The number of fused-ring (bicyclic) bond motifs is 1. The Balaban J connectivity index is 1.85. The summed E-state index contributed by atoms with van der Waals surface area (Å²) in [5.74, 6) is 2.00. The molecule has 1 aromatic heterocycles. The number of imidazole rings is 1. The molecule has 19 heavy (non-hydrogen) atoms. The fourth-order valence-corrected chi connectivity index (χ4v) is 3.31. The van der Waals surface area contributed by atoms with Gasteiger partial charge in [-0.05, 0) is 63.4 Å². The number of benzene rings is 1. The summed E-state index contributed by atoms with van der Waals surface area (Å²) in [5, 5.41) is 3.45. The predicted octanol–water partition coefficient (Wildman–Crippen LogP) is 3.15. The summed E-state index contributed by atoms with van der Waals surface area (Å²) in [4.78, 5) is 4.99. The molecule has 0 unspecified atom stereocenters. The number of hydrogen-bond acceptors (Lipinski definition) is 2. The monoisotopic (exact) mass is 255 g/mol. The minimum atomic E-state index is 0.648. The third-order valence-electron chi connectivity index (χ3n) is 4.49. The molecular formula is C16H21N3. The average molecular weight is 255 g/mol. The minimum absolute atomic E-state index is 0.648. The van der Waals surface area contributed by atoms with Crippen LogP contribution in [0.15, 0.2) is 18.2 Å². The van der Waals surface area contributed by atoms with Crippen molar-refractivity contribution in [1.82, 2.24) is 14.9 Å². The maximum Gasteiger partial charge on any atom is 0.113 e. The van der Waals surface area contributed by atoms with Gasteiger partial charge < -0.3 is 9.88 Å². The Labute approximate surface area is 114 Å². The third kappa shape index (κ3) is 1.96. The lowest BCUT2D eigenvalue weighted by atomic mass is 9.97. The molecule has 1 aliphatic carbocycles. The Kier molecular flexibility index (Phi) is 2.62. The van der Waals surface area contributed by atoms with E-state index in [0.717, 1.165) is 19.1 Å². The lowest BCUT2D eigenvalue weighted by Crippen LogP contribution is -2.28. The van der Waals surface area contributed by atoms with E-state index in [0.29, 0.717) is 5.92 Å². The molecule has 3 nitrogen and oxygen atoms in total. The highest BCUT2D eigenvalue weighted by molar-refractivity contribution is 5.77. The zero-order valence-corrected chi connectivity index (χ0v) is 11.5. The van der Waals surface area contributed by atoms with Gasteiger partial charge in [-0.15, -0.1) is 0 Å². The Bertz CT molecular complexity index is 604. The number of nitrogens with one attached hydrogen (secondary N) is 1. The van der Waals surface area contributed by atoms with Crippen LogP contribution in [0, 0.1) is 6.92 Å². The van der Waals surface area contributed by atoms with E-state index in [1.165, 1.54) is 48.1 Å². The summed E-state index contributed by atoms with van der Waals surface area (Å²) < 4.78 is 2.55. The van der Waals surface area contributed by atoms with Gasteiger partial charge in [0.05, 0.1) is 11.0 Å². The van der Waals surface area contributed by atoms with Crippen LogP contribution in [0.4, 0.5) is 0 Å². The molecule has 1 aliphatic heterocycles. The zero-order valence-electron chi connectivity index (χ0n) is 11.5. The summed E-state index contributed by atoms with van der Waals surface area (Å²) in [6.45, 7) is 4.43. The first-order chi connectivity index (χ1) is 9.33. The molecule has 2 aliphatic rings. The SMILES string of the molecule is Cc1ccc2c(c1)nc(C1CCNCC1)n2C1CC1. The van der Waals surface area contributed by atoms with Crippen LogP contribution in [0.25, 0.3) is 11.0 Å². The number of hydrogen-bond donors (Lipinski definition) is 1. The first-order valence-electron chi connectivity index (χ1n) is 7.52. The molecule has 0 amide bonds. The van der Waals surface area contributed by atoms with Crippen molar-refractivity contribution in [3.63, 3.8) is 0 Å². The van der Waals surface area contributed by atoms with E-state index in [2.05, 4.69) is 35.0 Å². The topological polar surface area (TPSA) is 29.9 Å². The number of aromatic nitrogens is 2. The molecule has 0 radical (unpaired) electrons. The predicted molar refractivity (Wildman–Crippen MR) is 77.6 cm³/mol. The average Bonchev–Trinajstić information content (AvgIpc) is 3.20. The summed E-state index contributed by atoms with van der Waals surface area (Å²) >= 11 is 0. The van der Waals surface area contributed by atoms with Gasteiger partial charge in [0.25, 0.3) is 0 Å². The van der Waals surface area contributed by atoms with Crippen LogP contribution >= 0.6 is 0 Å². The van der Waals surface area contributed by atoms with E-state index in [-0.39, 0.29) is 0 Å². The van der Waals surface area contributed by atoms with Crippen molar-refractivity contribution in [2.45, 2.75) is 44.6 Å². The second kappa shape index (κ2) is 4.34. The van der Waals surface area contributed by atoms with Crippen molar-refractivity contribution >= 4 is 11.0 Å². The van der Waals surface area contributed by atoms with Gasteiger partial charge in [-0.3, -0.25) is 0 Å². The van der Waals surface area contributed by atoms with E-state index in [1.54, 1.807) is 0 Å². The third-order valence-corrected chi connectivity index (χ3v) is 4.49. The van der Waals surface area contributed by atoms with Gasteiger partial charge in [0.1, 0.15) is 5.82 Å². The lowest BCUT2D eigenvalue weighted by molar-refractivity contribution is 0.433. The van der Waals surface area contributed by atoms with E-state index >= 15 is 0 Å². The number of rotatable bonds is 2. The molecule has 100 valence electrons. The molecule has 0 atom stereocenters. The van der Waals surface area contributed by atoms with Gasteiger partial charge in [0.2, 0.25) is 0 Å². The summed E-state index contributed by atoms with van der Waals surface area (Å²) in [6, 6.07) is 7.44. The first kappa shape index (κ1) is 11.5. The summed E-state index contributed by atoms with van der Waals surface area (Å²) in [5.41, 5.74) is 3.85. The van der Waals surface area contributed by atoms with Gasteiger partial charge in [-0.25, -0.2) is 4.98 Å². The van der Waals surface area contributed by atoms with Gasteiger partial charge in [0, 0.05) is 12.0 Å². The lowest BCUT2D eigenvalue weighted by Gasteiger charge is -2.23. The molecule has 3 heteroatoms. The highest BCUT2D eigenvalue weighted by atomic mass is 15.1. The van der Waals surface area contributed by atoms with Crippen molar-refractivity contribution in [3.8, 4) is 0 Å². The van der Waals surface area contributed by atoms with Crippen LogP contribution in [0.2, 0.25) is 0 Å².